The van der Waals surface area contributed by atoms with E-state index in [-0.39, 0.29) is 0 Å². The fourth-order valence-corrected chi connectivity index (χ4v) is 0.708. The van der Waals surface area contributed by atoms with Gasteiger partial charge in [-0.1, -0.05) is 26.5 Å². The quantitative estimate of drug-likeness (QED) is 0.581. The Balaban J connectivity index is 0.000000561. The van der Waals surface area contributed by atoms with Gasteiger partial charge in [-0.2, -0.15) is 0 Å². The first-order valence-corrected chi connectivity index (χ1v) is 4.14. The molecule has 2 heteroatoms. The monoisotopic (exact) mass is 164 g/mol. The van der Waals surface area contributed by atoms with E-state index >= 15 is 0 Å². The van der Waals surface area contributed by atoms with Gasteiger partial charge < -0.3 is 4.90 Å². The lowest BCUT2D eigenvalue weighted by Gasteiger charge is -2.16. The third kappa shape index (κ3) is 3.19. The van der Waals surface area contributed by atoms with Gasteiger partial charge in [0, 0.05) is 18.6 Å². The predicted molar refractivity (Wildman–Crippen MR) is 54.8 cm³/mol. The van der Waals surface area contributed by atoms with Crippen LogP contribution in [0.2, 0.25) is 0 Å². The molecule has 0 atom stereocenters. The van der Waals surface area contributed by atoms with Crippen LogP contribution in [0, 0.1) is 0 Å². The van der Waals surface area contributed by atoms with E-state index in [0.717, 1.165) is 5.70 Å². The van der Waals surface area contributed by atoms with E-state index in [1.54, 1.807) is 12.4 Å². The first-order chi connectivity index (χ1) is 5.84. The van der Waals surface area contributed by atoms with Gasteiger partial charge in [-0.05, 0) is 6.92 Å². The van der Waals surface area contributed by atoms with Crippen molar-refractivity contribution < 1.29 is 0 Å². The van der Waals surface area contributed by atoms with Crippen molar-refractivity contribution in [3.8, 4) is 0 Å². The van der Waals surface area contributed by atoms with Gasteiger partial charge >= 0.3 is 0 Å². The van der Waals surface area contributed by atoms with Crippen LogP contribution in [0.3, 0.4) is 0 Å². The van der Waals surface area contributed by atoms with Crippen molar-refractivity contribution >= 4 is 6.21 Å². The Morgan fingerprint density at radius 1 is 1.50 bits per heavy atom. The normalized spacial score (nSPS) is 14.9. The van der Waals surface area contributed by atoms with Gasteiger partial charge in [0.2, 0.25) is 0 Å². The minimum Gasteiger partial charge on any atom is -0.322 e. The first kappa shape index (κ1) is 10.7. The second kappa shape index (κ2) is 6.40. The first-order valence-electron chi connectivity index (χ1n) is 4.14. The molecule has 0 amide bonds. The fourth-order valence-electron chi connectivity index (χ4n) is 0.708. The highest BCUT2D eigenvalue weighted by atomic mass is 15.1. The Morgan fingerprint density at radius 3 is 2.67 bits per heavy atom. The molecule has 0 aliphatic carbocycles. The molecule has 1 aliphatic heterocycles. The lowest BCUT2D eigenvalue weighted by Crippen LogP contribution is -2.10. The van der Waals surface area contributed by atoms with E-state index in [1.807, 2.05) is 44.1 Å². The van der Waals surface area contributed by atoms with E-state index in [1.165, 1.54) is 0 Å². The Hall–Kier alpha value is -1.31. The van der Waals surface area contributed by atoms with Gasteiger partial charge in [0.05, 0.1) is 11.9 Å². The smallest absolute Gasteiger partial charge is 0.0560 e. The Morgan fingerprint density at radius 2 is 2.17 bits per heavy atom. The zero-order valence-electron chi connectivity index (χ0n) is 7.99. The molecule has 1 rings (SSSR count). The molecular formula is C10H16N2. The van der Waals surface area contributed by atoms with E-state index < -0.39 is 0 Å². The van der Waals surface area contributed by atoms with Crippen molar-refractivity contribution in [1.29, 1.82) is 0 Å². The summed E-state index contributed by atoms with van der Waals surface area (Å²) in [6.45, 7) is 9.75. The molecule has 0 aromatic carbocycles. The average molecular weight is 164 g/mol. The van der Waals surface area contributed by atoms with Gasteiger partial charge in [0.25, 0.3) is 0 Å². The third-order valence-electron chi connectivity index (χ3n) is 1.18. The summed E-state index contributed by atoms with van der Waals surface area (Å²) in [6.07, 6.45) is 9.20. The molecule has 0 bridgehead atoms. The molecule has 0 saturated carbocycles. The van der Waals surface area contributed by atoms with Crippen molar-refractivity contribution in [3.05, 3.63) is 37.0 Å². The predicted octanol–water partition coefficient (Wildman–Crippen LogP) is 2.92. The molecule has 0 spiro atoms. The molecule has 0 fully saturated rings. The maximum Gasteiger partial charge on any atom is 0.0560 e. The largest absolute Gasteiger partial charge is 0.322 e. The number of hydrogen-bond donors (Lipinski definition) is 0. The number of hydrogen-bond acceptors (Lipinski definition) is 2. The molecule has 2 nitrogen and oxygen atoms in total. The second-order valence-electron chi connectivity index (χ2n) is 1.96. The molecule has 12 heavy (non-hydrogen) atoms. The van der Waals surface area contributed by atoms with E-state index in [2.05, 4.69) is 11.6 Å². The van der Waals surface area contributed by atoms with Crippen molar-refractivity contribution in [2.24, 2.45) is 4.99 Å². The highest BCUT2D eigenvalue weighted by molar-refractivity contribution is 5.78. The molecule has 0 unspecified atom stereocenters. The molecule has 0 N–H and O–H groups in total. The summed E-state index contributed by atoms with van der Waals surface area (Å²) in [5.41, 5.74) is 0.889. The van der Waals surface area contributed by atoms with Crippen molar-refractivity contribution in [2.45, 2.75) is 20.8 Å². The molecule has 0 saturated heterocycles. The second-order valence-corrected chi connectivity index (χ2v) is 1.96. The van der Waals surface area contributed by atoms with Crippen molar-refractivity contribution in [2.75, 3.05) is 0 Å². The van der Waals surface area contributed by atoms with E-state index in [9.17, 15) is 0 Å². The fraction of sp³-hybridized carbons (Fsp3) is 0.300. The average Bonchev–Trinajstić information content (AvgIpc) is 2.13. The van der Waals surface area contributed by atoms with Crippen LogP contribution >= 0.6 is 0 Å². The van der Waals surface area contributed by atoms with Crippen LogP contribution in [0.5, 0.6) is 0 Å². The lowest BCUT2D eigenvalue weighted by molar-refractivity contribution is 0.659. The number of allylic oxidation sites excluding steroid dienone is 2. The van der Waals surface area contributed by atoms with E-state index in [0.29, 0.717) is 0 Å². The SMILES string of the molecule is C=C1C=NC=CN1/C=C\C.CC. The molecule has 1 aliphatic rings. The Bertz CT molecular complexity index is 212. The number of nitrogens with zero attached hydrogens (tertiary/aromatic N) is 2. The number of aliphatic imine (C=N–C) groups is 1. The summed E-state index contributed by atoms with van der Waals surface area (Å²) in [5, 5.41) is 0. The summed E-state index contributed by atoms with van der Waals surface area (Å²) in [4.78, 5) is 5.82. The third-order valence-corrected chi connectivity index (χ3v) is 1.18. The minimum absolute atomic E-state index is 0.889. The number of rotatable bonds is 1. The topological polar surface area (TPSA) is 15.6 Å². The van der Waals surface area contributed by atoms with E-state index in [4.69, 9.17) is 0 Å². The molecule has 0 aromatic rings. The molecule has 1 heterocycles. The van der Waals surface area contributed by atoms with Crippen molar-refractivity contribution in [3.63, 3.8) is 0 Å². The summed E-state index contributed by atoms with van der Waals surface area (Å²) in [7, 11) is 0. The summed E-state index contributed by atoms with van der Waals surface area (Å²) in [5.74, 6) is 0. The maximum absolute atomic E-state index is 3.91. The molecule has 0 aromatic heterocycles. The highest BCUT2D eigenvalue weighted by Crippen LogP contribution is 2.05. The van der Waals surface area contributed by atoms with Gasteiger partial charge in [-0.15, -0.1) is 0 Å². The van der Waals surface area contributed by atoms with Crippen LogP contribution in [0.25, 0.3) is 0 Å². The summed E-state index contributed by atoms with van der Waals surface area (Å²) in [6, 6.07) is 0. The standard InChI is InChI=1S/C8H10N2.C2H6/c1-3-5-10-6-4-9-7-8(10)2;1-2/h3-7H,2H2,1H3;1-2H3/b5-3-;. The Kier molecular flexibility index (Phi) is 5.70. The van der Waals surface area contributed by atoms with Gasteiger partial charge in [-0.25, -0.2) is 0 Å². The molecule has 0 radical (unpaired) electrons. The summed E-state index contributed by atoms with van der Waals surface area (Å²) >= 11 is 0. The van der Waals surface area contributed by atoms with Crippen LogP contribution in [-0.4, -0.2) is 11.1 Å². The van der Waals surface area contributed by atoms with Crippen LogP contribution < -0.4 is 0 Å². The summed E-state index contributed by atoms with van der Waals surface area (Å²) < 4.78 is 0. The zero-order valence-corrected chi connectivity index (χ0v) is 7.99. The van der Waals surface area contributed by atoms with Gasteiger partial charge in [0.15, 0.2) is 0 Å². The molecule has 66 valence electrons. The zero-order chi connectivity index (χ0) is 9.40. The van der Waals surface area contributed by atoms with Gasteiger partial charge in [0.1, 0.15) is 0 Å². The highest BCUT2D eigenvalue weighted by Gasteiger charge is 1.98. The maximum atomic E-state index is 3.91. The Labute approximate surface area is 74.6 Å². The van der Waals surface area contributed by atoms with Crippen LogP contribution in [0.15, 0.2) is 41.9 Å². The van der Waals surface area contributed by atoms with Crippen LogP contribution in [0.4, 0.5) is 0 Å². The lowest BCUT2D eigenvalue weighted by atomic mass is 10.4. The van der Waals surface area contributed by atoms with Crippen LogP contribution in [0.1, 0.15) is 20.8 Å². The minimum atomic E-state index is 0.889. The van der Waals surface area contributed by atoms with Crippen molar-refractivity contribution in [1.82, 2.24) is 4.90 Å². The van der Waals surface area contributed by atoms with Gasteiger partial charge in [-0.3, -0.25) is 4.99 Å². The molecular weight excluding hydrogens is 148 g/mol. The van der Waals surface area contributed by atoms with Crippen LogP contribution in [-0.2, 0) is 0 Å².